The molecule has 1 aliphatic heterocycles. The van der Waals surface area contributed by atoms with E-state index in [2.05, 4.69) is 5.32 Å². The molecule has 1 unspecified atom stereocenters. The van der Waals surface area contributed by atoms with Gasteiger partial charge in [0.05, 0.1) is 0 Å². The molecule has 3 nitrogen and oxygen atoms in total. The lowest BCUT2D eigenvalue weighted by Gasteiger charge is -2.30. The van der Waals surface area contributed by atoms with Crippen molar-refractivity contribution >= 4 is 5.91 Å². The zero-order chi connectivity index (χ0) is 16.9. The fourth-order valence-corrected chi connectivity index (χ4v) is 3.90. The van der Waals surface area contributed by atoms with E-state index in [0.717, 1.165) is 57.7 Å². The van der Waals surface area contributed by atoms with Crippen LogP contribution in [0.2, 0.25) is 0 Å². The van der Waals surface area contributed by atoms with Crippen molar-refractivity contribution in [1.29, 1.82) is 0 Å². The number of halogens is 2. The minimum Gasteiger partial charge on any atom is -0.335 e. The zero-order valence-electron chi connectivity index (χ0n) is 14.1. The summed E-state index contributed by atoms with van der Waals surface area (Å²) in [5.74, 6) is -0.464. The van der Waals surface area contributed by atoms with Crippen molar-refractivity contribution in [2.24, 2.45) is 5.92 Å². The summed E-state index contributed by atoms with van der Waals surface area (Å²) in [5, 5.41) is 3.32. The minimum atomic E-state index is -0.580. The minimum absolute atomic E-state index is 0.109. The maximum Gasteiger partial charge on any atom is 0.223 e. The Morgan fingerprint density at radius 2 is 2.00 bits per heavy atom. The van der Waals surface area contributed by atoms with Gasteiger partial charge in [-0.15, -0.1) is 0 Å². The van der Waals surface area contributed by atoms with E-state index < -0.39 is 11.6 Å². The van der Waals surface area contributed by atoms with Crippen LogP contribution in [-0.4, -0.2) is 29.9 Å². The van der Waals surface area contributed by atoms with Crippen molar-refractivity contribution in [2.45, 2.75) is 57.5 Å². The molecule has 0 radical (unpaired) electrons. The van der Waals surface area contributed by atoms with Crippen molar-refractivity contribution in [3.63, 3.8) is 0 Å². The third kappa shape index (κ3) is 4.32. The molecule has 24 heavy (non-hydrogen) atoms. The summed E-state index contributed by atoms with van der Waals surface area (Å²) in [5.41, 5.74) is 0.402. The van der Waals surface area contributed by atoms with Gasteiger partial charge in [-0.05, 0) is 50.8 Å². The standard InChI is InChI=1S/C19H26F2N2O/c20-16-7-6-15(18(21)11-16)13-23(17-3-1-2-4-17)19(24)8-5-14-9-10-22-12-14/h6-7,11,14,17,22H,1-5,8-10,12-13H2. The first-order valence-corrected chi connectivity index (χ1v) is 9.07. The zero-order valence-corrected chi connectivity index (χ0v) is 14.1. The van der Waals surface area contributed by atoms with Crippen molar-refractivity contribution < 1.29 is 13.6 Å². The van der Waals surface area contributed by atoms with E-state index in [1.165, 1.54) is 12.1 Å². The van der Waals surface area contributed by atoms with Crippen LogP contribution in [0.5, 0.6) is 0 Å². The molecule has 0 aromatic heterocycles. The number of rotatable bonds is 6. The van der Waals surface area contributed by atoms with Gasteiger partial charge in [0.25, 0.3) is 0 Å². The van der Waals surface area contributed by atoms with Crippen LogP contribution >= 0.6 is 0 Å². The molecule has 2 fully saturated rings. The summed E-state index contributed by atoms with van der Waals surface area (Å²) in [6, 6.07) is 3.82. The Morgan fingerprint density at radius 1 is 1.21 bits per heavy atom. The summed E-state index contributed by atoms with van der Waals surface area (Å²) >= 11 is 0. The molecule has 1 atom stereocenters. The normalized spacial score (nSPS) is 21.3. The van der Waals surface area contributed by atoms with Crippen LogP contribution in [0.25, 0.3) is 0 Å². The van der Waals surface area contributed by atoms with Crippen LogP contribution in [0.15, 0.2) is 18.2 Å². The largest absolute Gasteiger partial charge is 0.335 e. The van der Waals surface area contributed by atoms with E-state index >= 15 is 0 Å². The van der Waals surface area contributed by atoms with Gasteiger partial charge in [0, 0.05) is 30.6 Å². The van der Waals surface area contributed by atoms with Gasteiger partial charge < -0.3 is 10.2 Å². The first-order chi connectivity index (χ1) is 11.6. The third-order valence-corrected chi connectivity index (χ3v) is 5.37. The number of carbonyl (C=O) groups excluding carboxylic acids is 1. The number of benzene rings is 1. The second-order valence-corrected chi connectivity index (χ2v) is 7.09. The van der Waals surface area contributed by atoms with Crippen molar-refractivity contribution in [2.75, 3.05) is 13.1 Å². The highest BCUT2D eigenvalue weighted by atomic mass is 19.1. The van der Waals surface area contributed by atoms with E-state index in [-0.39, 0.29) is 18.5 Å². The average Bonchev–Trinajstić information content (AvgIpc) is 3.25. The summed E-state index contributed by atoms with van der Waals surface area (Å²) in [7, 11) is 0. The molecule has 2 aliphatic rings. The molecular formula is C19H26F2N2O. The highest BCUT2D eigenvalue weighted by Gasteiger charge is 2.28. The number of amides is 1. The fraction of sp³-hybridized carbons (Fsp3) is 0.632. The second-order valence-electron chi connectivity index (χ2n) is 7.09. The molecule has 1 amide bonds. The van der Waals surface area contributed by atoms with E-state index in [1.807, 2.05) is 4.90 Å². The van der Waals surface area contributed by atoms with Crippen LogP contribution in [0, 0.1) is 17.6 Å². The molecule has 1 heterocycles. The number of hydrogen-bond acceptors (Lipinski definition) is 2. The van der Waals surface area contributed by atoms with Gasteiger partial charge in [0.2, 0.25) is 5.91 Å². The maximum atomic E-state index is 14.0. The van der Waals surface area contributed by atoms with Crippen LogP contribution < -0.4 is 5.32 Å². The SMILES string of the molecule is O=C(CCC1CCNC1)N(Cc1ccc(F)cc1F)C1CCCC1. The monoisotopic (exact) mass is 336 g/mol. The Labute approximate surface area is 142 Å². The molecule has 0 spiro atoms. The van der Waals surface area contributed by atoms with E-state index in [1.54, 1.807) is 0 Å². The summed E-state index contributed by atoms with van der Waals surface area (Å²) in [6.45, 7) is 2.27. The number of nitrogens with zero attached hydrogens (tertiary/aromatic N) is 1. The smallest absolute Gasteiger partial charge is 0.223 e. The van der Waals surface area contributed by atoms with Gasteiger partial charge in [-0.2, -0.15) is 0 Å². The summed E-state index contributed by atoms with van der Waals surface area (Å²) in [6.07, 6.45) is 6.74. The molecule has 5 heteroatoms. The van der Waals surface area contributed by atoms with E-state index in [4.69, 9.17) is 0 Å². The molecule has 0 bridgehead atoms. The van der Waals surface area contributed by atoms with Crippen molar-refractivity contribution in [1.82, 2.24) is 10.2 Å². The maximum absolute atomic E-state index is 14.0. The van der Waals surface area contributed by atoms with Gasteiger partial charge in [0.15, 0.2) is 0 Å². The molecular weight excluding hydrogens is 310 g/mol. The lowest BCUT2D eigenvalue weighted by atomic mass is 10.0. The Hall–Kier alpha value is -1.49. The summed E-state index contributed by atoms with van der Waals surface area (Å²) in [4.78, 5) is 14.6. The Bertz CT molecular complexity index is 566. The first-order valence-electron chi connectivity index (χ1n) is 9.07. The second kappa shape index (κ2) is 8.06. The molecule has 132 valence electrons. The van der Waals surface area contributed by atoms with Gasteiger partial charge >= 0.3 is 0 Å². The Balaban J connectivity index is 1.66. The van der Waals surface area contributed by atoms with Crippen molar-refractivity contribution in [3.8, 4) is 0 Å². The topological polar surface area (TPSA) is 32.3 Å². The predicted molar refractivity (Wildman–Crippen MR) is 89.4 cm³/mol. The molecule has 1 saturated carbocycles. The van der Waals surface area contributed by atoms with Crippen LogP contribution in [0.3, 0.4) is 0 Å². The fourth-order valence-electron chi connectivity index (χ4n) is 3.90. The average molecular weight is 336 g/mol. The predicted octanol–water partition coefficient (Wildman–Crippen LogP) is 3.63. The Morgan fingerprint density at radius 3 is 2.67 bits per heavy atom. The lowest BCUT2D eigenvalue weighted by Crippen LogP contribution is -2.38. The molecule has 1 aliphatic carbocycles. The van der Waals surface area contributed by atoms with Crippen molar-refractivity contribution in [3.05, 3.63) is 35.4 Å². The third-order valence-electron chi connectivity index (χ3n) is 5.37. The molecule has 1 aromatic carbocycles. The summed E-state index contributed by atoms with van der Waals surface area (Å²) < 4.78 is 27.1. The van der Waals surface area contributed by atoms with Gasteiger partial charge in [-0.25, -0.2) is 8.78 Å². The van der Waals surface area contributed by atoms with Crippen LogP contribution in [0.4, 0.5) is 8.78 Å². The van der Waals surface area contributed by atoms with Gasteiger partial charge in [-0.1, -0.05) is 18.9 Å². The lowest BCUT2D eigenvalue weighted by molar-refractivity contribution is -0.134. The molecule has 1 saturated heterocycles. The highest BCUT2D eigenvalue weighted by Crippen LogP contribution is 2.27. The number of hydrogen-bond donors (Lipinski definition) is 1. The molecule has 1 N–H and O–H groups in total. The Kier molecular flexibility index (Phi) is 5.82. The molecule has 3 rings (SSSR count). The number of nitrogens with one attached hydrogen (secondary N) is 1. The first kappa shape index (κ1) is 17.3. The van der Waals surface area contributed by atoms with Gasteiger partial charge in [-0.3, -0.25) is 4.79 Å². The van der Waals surface area contributed by atoms with E-state index in [9.17, 15) is 13.6 Å². The van der Waals surface area contributed by atoms with Crippen LogP contribution in [0.1, 0.15) is 50.5 Å². The number of carbonyl (C=O) groups is 1. The quantitative estimate of drug-likeness (QED) is 0.860. The highest BCUT2D eigenvalue weighted by molar-refractivity contribution is 5.76. The van der Waals surface area contributed by atoms with E-state index in [0.29, 0.717) is 17.9 Å². The van der Waals surface area contributed by atoms with Gasteiger partial charge in [0.1, 0.15) is 11.6 Å². The van der Waals surface area contributed by atoms with Crippen LogP contribution in [-0.2, 0) is 11.3 Å². The molecule has 1 aromatic rings.